The lowest BCUT2D eigenvalue weighted by Crippen LogP contribution is -2.27. The van der Waals surface area contributed by atoms with E-state index in [-0.39, 0.29) is 5.96 Å². The molecule has 1 aliphatic rings. The highest BCUT2D eigenvalue weighted by Crippen LogP contribution is 1.92. The van der Waals surface area contributed by atoms with Gasteiger partial charge in [0.25, 0.3) is 0 Å². The molecule has 1 saturated heterocycles. The molecule has 0 aromatic carbocycles. The van der Waals surface area contributed by atoms with Crippen molar-refractivity contribution < 1.29 is 9.59 Å². The Morgan fingerprint density at radius 1 is 1.12 bits per heavy atom. The van der Waals surface area contributed by atoms with Crippen LogP contribution in [0.4, 0.5) is 0 Å². The minimum atomic E-state index is -0.637. The summed E-state index contributed by atoms with van der Waals surface area (Å²) in [6.45, 7) is 7.87. The predicted octanol–water partition coefficient (Wildman–Crippen LogP) is -0.680. The third-order valence-corrected chi connectivity index (χ3v) is 2.47. The quantitative estimate of drug-likeness (QED) is 0.465. The summed E-state index contributed by atoms with van der Waals surface area (Å²) in [5, 5.41) is 4.71. The van der Waals surface area contributed by atoms with Crippen molar-refractivity contribution in [3.63, 3.8) is 0 Å². The van der Waals surface area contributed by atoms with Gasteiger partial charge in [0, 0.05) is 6.54 Å². The Morgan fingerprint density at radius 3 is 2.19 bits per heavy atom. The van der Waals surface area contributed by atoms with Crippen LogP contribution in [0.2, 0.25) is 0 Å². The van der Waals surface area contributed by atoms with E-state index in [1.807, 2.05) is 0 Å². The fraction of sp³-hybridized carbons (Fsp3) is 0.700. The number of carbonyl (C=O) groups is 2. The van der Waals surface area contributed by atoms with E-state index in [0.717, 1.165) is 26.1 Å². The Balaban J connectivity index is 2.22. The molecule has 1 heterocycles. The van der Waals surface area contributed by atoms with Crippen LogP contribution in [0.3, 0.4) is 0 Å². The minimum Gasteiger partial charge on any atom is -0.304 e. The number of hydrogen-bond acceptors (Lipinski definition) is 4. The molecule has 0 aromatic rings. The first-order valence-corrected chi connectivity index (χ1v) is 5.56. The van der Waals surface area contributed by atoms with Crippen molar-refractivity contribution in [2.75, 3.05) is 26.2 Å². The smallest absolute Gasteiger partial charge is 0.304 e. The lowest BCUT2D eigenvalue weighted by molar-refractivity contribution is -0.135. The number of aliphatic imine (C=N–C) groups is 1. The Morgan fingerprint density at radius 2 is 1.69 bits per heavy atom. The standard InChI is InChI=1S/C10H18N4O2/c1-3-14(4-2)7-5-6-11-10-12-8(15)9(16)13-10/h3-7H2,1-2H3,(H2,11,12,13,15,16). The Labute approximate surface area is 95.1 Å². The summed E-state index contributed by atoms with van der Waals surface area (Å²) < 4.78 is 0. The van der Waals surface area contributed by atoms with E-state index in [1.165, 1.54) is 0 Å². The van der Waals surface area contributed by atoms with Crippen molar-refractivity contribution >= 4 is 17.8 Å². The molecular formula is C10H18N4O2. The van der Waals surface area contributed by atoms with Gasteiger partial charge in [0.15, 0.2) is 0 Å². The molecule has 0 bridgehead atoms. The van der Waals surface area contributed by atoms with Crippen LogP contribution >= 0.6 is 0 Å². The second kappa shape index (κ2) is 6.22. The van der Waals surface area contributed by atoms with Crippen LogP contribution in [0.1, 0.15) is 20.3 Å². The minimum absolute atomic E-state index is 0.273. The van der Waals surface area contributed by atoms with Crippen LogP contribution in [0, 0.1) is 0 Å². The highest BCUT2D eigenvalue weighted by molar-refractivity contribution is 6.45. The normalized spacial score (nSPS) is 15.3. The largest absolute Gasteiger partial charge is 0.316 e. The maximum atomic E-state index is 10.8. The fourth-order valence-corrected chi connectivity index (χ4v) is 1.46. The number of carbonyl (C=O) groups excluding carboxylic acids is 2. The molecule has 0 aromatic heterocycles. The summed E-state index contributed by atoms with van der Waals surface area (Å²) in [5.41, 5.74) is 0. The zero-order chi connectivity index (χ0) is 12.0. The topological polar surface area (TPSA) is 73.8 Å². The third-order valence-electron chi connectivity index (χ3n) is 2.47. The fourth-order valence-electron chi connectivity index (χ4n) is 1.46. The van der Waals surface area contributed by atoms with Crippen LogP contribution in [-0.4, -0.2) is 48.9 Å². The van der Waals surface area contributed by atoms with Gasteiger partial charge in [0.05, 0.1) is 0 Å². The second-order valence-electron chi connectivity index (χ2n) is 3.52. The highest BCUT2D eigenvalue weighted by Gasteiger charge is 2.24. The Hall–Kier alpha value is -1.43. The number of nitrogens with zero attached hydrogens (tertiary/aromatic N) is 2. The number of guanidine groups is 1. The first-order chi connectivity index (χ1) is 7.67. The summed E-state index contributed by atoms with van der Waals surface area (Å²) in [6, 6.07) is 0. The van der Waals surface area contributed by atoms with Crippen molar-refractivity contribution in [2.45, 2.75) is 20.3 Å². The van der Waals surface area contributed by atoms with Gasteiger partial charge in [-0.15, -0.1) is 0 Å². The van der Waals surface area contributed by atoms with E-state index in [4.69, 9.17) is 0 Å². The summed E-state index contributed by atoms with van der Waals surface area (Å²) in [4.78, 5) is 28.0. The monoisotopic (exact) mass is 226 g/mol. The van der Waals surface area contributed by atoms with Gasteiger partial charge in [-0.25, -0.2) is 0 Å². The maximum Gasteiger partial charge on any atom is 0.316 e. The van der Waals surface area contributed by atoms with Gasteiger partial charge in [-0.05, 0) is 26.1 Å². The summed E-state index contributed by atoms with van der Waals surface area (Å²) in [6.07, 6.45) is 0.914. The third kappa shape index (κ3) is 3.62. The first kappa shape index (κ1) is 12.6. The maximum absolute atomic E-state index is 10.8. The molecule has 0 atom stereocenters. The molecule has 16 heavy (non-hydrogen) atoms. The van der Waals surface area contributed by atoms with Crippen molar-refractivity contribution in [3.05, 3.63) is 0 Å². The van der Waals surface area contributed by atoms with Crippen LogP contribution in [0.5, 0.6) is 0 Å². The molecular weight excluding hydrogens is 208 g/mol. The van der Waals surface area contributed by atoms with Gasteiger partial charge in [-0.1, -0.05) is 13.8 Å². The molecule has 90 valence electrons. The van der Waals surface area contributed by atoms with Gasteiger partial charge >= 0.3 is 11.8 Å². The van der Waals surface area contributed by atoms with E-state index in [2.05, 4.69) is 34.4 Å². The number of hydrogen-bond donors (Lipinski definition) is 2. The molecule has 6 nitrogen and oxygen atoms in total. The molecule has 2 N–H and O–H groups in total. The molecule has 0 unspecified atom stereocenters. The SMILES string of the molecule is CCN(CC)CCCN=C1NC(=O)C(=O)N1. The van der Waals surface area contributed by atoms with Gasteiger partial charge in [-0.2, -0.15) is 0 Å². The van der Waals surface area contributed by atoms with E-state index >= 15 is 0 Å². The van der Waals surface area contributed by atoms with Crippen molar-refractivity contribution in [2.24, 2.45) is 4.99 Å². The van der Waals surface area contributed by atoms with Gasteiger partial charge in [-0.3, -0.25) is 25.2 Å². The molecule has 2 amide bonds. The van der Waals surface area contributed by atoms with Gasteiger partial charge in [0.1, 0.15) is 0 Å². The van der Waals surface area contributed by atoms with Gasteiger partial charge in [0.2, 0.25) is 5.96 Å². The van der Waals surface area contributed by atoms with Crippen LogP contribution < -0.4 is 10.6 Å². The van der Waals surface area contributed by atoms with E-state index < -0.39 is 11.8 Å². The summed E-state index contributed by atoms with van der Waals surface area (Å²) >= 11 is 0. The summed E-state index contributed by atoms with van der Waals surface area (Å²) in [7, 11) is 0. The van der Waals surface area contributed by atoms with E-state index in [0.29, 0.717) is 6.54 Å². The average molecular weight is 226 g/mol. The molecule has 1 aliphatic heterocycles. The predicted molar refractivity (Wildman–Crippen MR) is 61.0 cm³/mol. The number of amides is 2. The van der Waals surface area contributed by atoms with Crippen molar-refractivity contribution in [1.29, 1.82) is 0 Å². The zero-order valence-electron chi connectivity index (χ0n) is 9.75. The van der Waals surface area contributed by atoms with Gasteiger partial charge < -0.3 is 4.90 Å². The highest BCUT2D eigenvalue weighted by atomic mass is 16.2. The van der Waals surface area contributed by atoms with Crippen molar-refractivity contribution in [3.8, 4) is 0 Å². The average Bonchev–Trinajstić information content (AvgIpc) is 2.59. The first-order valence-electron chi connectivity index (χ1n) is 5.56. The van der Waals surface area contributed by atoms with Crippen molar-refractivity contribution in [1.82, 2.24) is 15.5 Å². The van der Waals surface area contributed by atoms with E-state index in [9.17, 15) is 9.59 Å². The molecule has 0 saturated carbocycles. The molecule has 0 aliphatic carbocycles. The van der Waals surface area contributed by atoms with Crippen LogP contribution in [-0.2, 0) is 9.59 Å². The zero-order valence-corrected chi connectivity index (χ0v) is 9.75. The van der Waals surface area contributed by atoms with Crippen LogP contribution in [0.25, 0.3) is 0 Å². The molecule has 1 fully saturated rings. The lowest BCUT2D eigenvalue weighted by atomic mass is 10.4. The molecule has 0 spiro atoms. The Bertz CT molecular complexity index is 279. The number of nitrogens with one attached hydrogen (secondary N) is 2. The van der Waals surface area contributed by atoms with Crippen LogP contribution in [0.15, 0.2) is 4.99 Å². The number of rotatable bonds is 6. The van der Waals surface area contributed by atoms with E-state index in [1.54, 1.807) is 0 Å². The molecule has 0 radical (unpaired) electrons. The second-order valence-corrected chi connectivity index (χ2v) is 3.52. The Kier molecular flexibility index (Phi) is 4.91. The summed E-state index contributed by atoms with van der Waals surface area (Å²) in [5.74, 6) is -1.00. The molecule has 1 rings (SSSR count). The lowest BCUT2D eigenvalue weighted by Gasteiger charge is -2.16. The molecule has 6 heteroatoms.